The van der Waals surface area contributed by atoms with Gasteiger partial charge in [0.05, 0.1) is 6.54 Å². The quantitative estimate of drug-likeness (QED) is 0.437. The van der Waals surface area contributed by atoms with E-state index in [1.807, 2.05) is 25.1 Å². The standard InChI is InChI=1S/C10H12N2/c1-8-7-9(3-2-6-11)4-5-10(8)12/h4-5,7H,6,11-12H2,1H3. The maximum absolute atomic E-state index is 5.64. The molecule has 1 aromatic carbocycles. The van der Waals surface area contributed by atoms with Crippen molar-refractivity contribution in [2.45, 2.75) is 6.92 Å². The van der Waals surface area contributed by atoms with Gasteiger partial charge in [-0.3, -0.25) is 0 Å². The van der Waals surface area contributed by atoms with E-state index in [1.165, 1.54) is 0 Å². The Labute approximate surface area is 72.6 Å². The highest BCUT2D eigenvalue weighted by molar-refractivity contribution is 5.51. The number of hydrogen-bond donors (Lipinski definition) is 2. The molecule has 1 rings (SSSR count). The summed E-state index contributed by atoms with van der Waals surface area (Å²) in [5.74, 6) is 5.73. The second-order valence-electron chi connectivity index (χ2n) is 2.58. The van der Waals surface area contributed by atoms with Crippen LogP contribution in [0.15, 0.2) is 18.2 Å². The maximum atomic E-state index is 5.64. The Morgan fingerprint density at radius 1 is 1.42 bits per heavy atom. The average molecular weight is 160 g/mol. The molecule has 2 heteroatoms. The lowest BCUT2D eigenvalue weighted by atomic mass is 10.1. The highest BCUT2D eigenvalue weighted by Crippen LogP contribution is 2.11. The largest absolute Gasteiger partial charge is 0.399 e. The number of hydrogen-bond acceptors (Lipinski definition) is 2. The van der Waals surface area contributed by atoms with Crippen LogP contribution in [0.25, 0.3) is 0 Å². The molecule has 0 aliphatic heterocycles. The first-order chi connectivity index (χ1) is 5.74. The molecule has 4 N–H and O–H groups in total. The fourth-order valence-corrected chi connectivity index (χ4v) is 0.907. The van der Waals surface area contributed by atoms with Crippen molar-refractivity contribution in [1.82, 2.24) is 0 Å². The van der Waals surface area contributed by atoms with E-state index in [-0.39, 0.29) is 0 Å². The van der Waals surface area contributed by atoms with Gasteiger partial charge >= 0.3 is 0 Å². The first kappa shape index (κ1) is 8.63. The SMILES string of the molecule is Cc1cc(C#CCN)ccc1N. The lowest BCUT2D eigenvalue weighted by Gasteiger charge is -1.98. The van der Waals surface area contributed by atoms with Crippen molar-refractivity contribution in [3.8, 4) is 11.8 Å². The second-order valence-corrected chi connectivity index (χ2v) is 2.58. The molecule has 0 spiro atoms. The van der Waals surface area contributed by atoms with Gasteiger partial charge in [-0.1, -0.05) is 11.8 Å². The van der Waals surface area contributed by atoms with Crippen molar-refractivity contribution >= 4 is 5.69 Å². The number of aryl methyl sites for hydroxylation is 1. The molecule has 0 aliphatic carbocycles. The van der Waals surface area contributed by atoms with Crippen molar-refractivity contribution < 1.29 is 0 Å². The zero-order valence-corrected chi connectivity index (χ0v) is 7.09. The number of anilines is 1. The predicted molar refractivity (Wildman–Crippen MR) is 51.5 cm³/mol. The Kier molecular flexibility index (Phi) is 2.73. The molecule has 1 aromatic rings. The van der Waals surface area contributed by atoms with Gasteiger partial charge in [0.2, 0.25) is 0 Å². The molecule has 0 unspecified atom stereocenters. The number of nitrogens with two attached hydrogens (primary N) is 2. The molecule has 0 fully saturated rings. The van der Waals surface area contributed by atoms with Crippen molar-refractivity contribution in [1.29, 1.82) is 0 Å². The lowest BCUT2D eigenvalue weighted by molar-refractivity contribution is 1.30. The van der Waals surface area contributed by atoms with Crippen LogP contribution < -0.4 is 11.5 Å². The van der Waals surface area contributed by atoms with Crippen molar-refractivity contribution in [3.05, 3.63) is 29.3 Å². The third kappa shape index (κ3) is 2.01. The maximum Gasteiger partial charge on any atom is 0.0555 e. The summed E-state index contributed by atoms with van der Waals surface area (Å²) in [7, 11) is 0. The van der Waals surface area contributed by atoms with E-state index < -0.39 is 0 Å². The van der Waals surface area contributed by atoms with Gasteiger partial charge in [-0.15, -0.1) is 0 Å². The van der Waals surface area contributed by atoms with Crippen LogP contribution in [-0.4, -0.2) is 6.54 Å². The molecule has 0 atom stereocenters. The number of rotatable bonds is 0. The summed E-state index contributed by atoms with van der Waals surface area (Å²) >= 11 is 0. The Morgan fingerprint density at radius 3 is 2.75 bits per heavy atom. The van der Waals surface area contributed by atoms with E-state index in [0.717, 1.165) is 16.8 Å². The number of nitrogen functional groups attached to an aromatic ring is 1. The predicted octanol–water partition coefficient (Wildman–Crippen LogP) is 0.887. The second kappa shape index (κ2) is 3.80. The van der Waals surface area contributed by atoms with Gasteiger partial charge in [-0.25, -0.2) is 0 Å². The van der Waals surface area contributed by atoms with Gasteiger partial charge in [-0.2, -0.15) is 0 Å². The molecule has 0 radical (unpaired) electrons. The first-order valence-corrected chi connectivity index (χ1v) is 3.79. The van der Waals surface area contributed by atoms with Crippen LogP contribution in [0.1, 0.15) is 11.1 Å². The Bertz CT molecular complexity index is 331. The van der Waals surface area contributed by atoms with Crippen LogP contribution in [0.5, 0.6) is 0 Å². The minimum atomic E-state index is 0.392. The molecule has 0 aromatic heterocycles. The first-order valence-electron chi connectivity index (χ1n) is 3.79. The van der Waals surface area contributed by atoms with Gasteiger partial charge < -0.3 is 11.5 Å². The minimum Gasteiger partial charge on any atom is -0.399 e. The van der Waals surface area contributed by atoms with E-state index in [0.29, 0.717) is 6.54 Å². The zero-order valence-electron chi connectivity index (χ0n) is 7.09. The fraction of sp³-hybridized carbons (Fsp3) is 0.200. The molecule has 62 valence electrons. The average Bonchev–Trinajstić information content (AvgIpc) is 2.07. The summed E-state index contributed by atoms with van der Waals surface area (Å²) < 4.78 is 0. The Balaban J connectivity index is 2.97. The fourth-order valence-electron chi connectivity index (χ4n) is 0.907. The highest BCUT2D eigenvalue weighted by atomic mass is 14.5. The summed E-state index contributed by atoms with van der Waals surface area (Å²) in [4.78, 5) is 0. The van der Waals surface area contributed by atoms with Gasteiger partial charge in [0.1, 0.15) is 0 Å². The van der Waals surface area contributed by atoms with E-state index in [2.05, 4.69) is 11.8 Å². The third-order valence-electron chi connectivity index (χ3n) is 1.60. The van der Waals surface area contributed by atoms with Gasteiger partial charge in [-0.05, 0) is 30.7 Å². The highest BCUT2D eigenvalue weighted by Gasteiger charge is 1.92. The van der Waals surface area contributed by atoms with E-state index in [4.69, 9.17) is 11.5 Å². The molecule has 0 aliphatic rings. The van der Waals surface area contributed by atoms with Crippen molar-refractivity contribution in [2.24, 2.45) is 5.73 Å². The topological polar surface area (TPSA) is 52.0 Å². The molecular formula is C10H12N2. The number of benzene rings is 1. The van der Waals surface area contributed by atoms with E-state index in [1.54, 1.807) is 0 Å². The minimum absolute atomic E-state index is 0.392. The van der Waals surface area contributed by atoms with Crippen LogP contribution in [-0.2, 0) is 0 Å². The van der Waals surface area contributed by atoms with Crippen LogP contribution in [0.3, 0.4) is 0 Å². The van der Waals surface area contributed by atoms with Crippen LogP contribution in [0.2, 0.25) is 0 Å². The van der Waals surface area contributed by atoms with Crippen LogP contribution >= 0.6 is 0 Å². The molecule has 0 heterocycles. The molecule has 0 saturated carbocycles. The van der Waals surface area contributed by atoms with Gasteiger partial charge in [0.25, 0.3) is 0 Å². The zero-order chi connectivity index (χ0) is 8.97. The smallest absolute Gasteiger partial charge is 0.0555 e. The summed E-state index contributed by atoms with van der Waals surface area (Å²) in [6, 6.07) is 5.71. The molecule has 12 heavy (non-hydrogen) atoms. The lowest BCUT2D eigenvalue weighted by Crippen LogP contribution is -1.93. The molecular weight excluding hydrogens is 148 g/mol. The third-order valence-corrected chi connectivity index (χ3v) is 1.60. The summed E-state index contributed by atoms with van der Waals surface area (Å²) in [5.41, 5.74) is 13.7. The van der Waals surface area contributed by atoms with Crippen LogP contribution in [0.4, 0.5) is 5.69 Å². The molecule has 0 saturated heterocycles. The van der Waals surface area contributed by atoms with Crippen molar-refractivity contribution in [2.75, 3.05) is 12.3 Å². The monoisotopic (exact) mass is 160 g/mol. The normalized spacial score (nSPS) is 8.83. The summed E-state index contributed by atoms with van der Waals surface area (Å²) in [6.45, 7) is 2.35. The van der Waals surface area contributed by atoms with E-state index in [9.17, 15) is 0 Å². The van der Waals surface area contributed by atoms with Crippen LogP contribution in [0, 0.1) is 18.8 Å². The summed E-state index contributed by atoms with van der Waals surface area (Å²) in [6.07, 6.45) is 0. The molecule has 2 nitrogen and oxygen atoms in total. The Morgan fingerprint density at radius 2 is 2.17 bits per heavy atom. The van der Waals surface area contributed by atoms with Crippen molar-refractivity contribution in [3.63, 3.8) is 0 Å². The van der Waals surface area contributed by atoms with Gasteiger partial charge in [0.15, 0.2) is 0 Å². The molecule has 0 amide bonds. The molecule has 0 bridgehead atoms. The Hall–Kier alpha value is -1.46. The van der Waals surface area contributed by atoms with Gasteiger partial charge in [0, 0.05) is 11.3 Å². The summed E-state index contributed by atoms with van der Waals surface area (Å²) in [5, 5.41) is 0. The van der Waals surface area contributed by atoms with E-state index >= 15 is 0 Å².